The summed E-state index contributed by atoms with van der Waals surface area (Å²) < 4.78 is 5.13. The highest BCUT2D eigenvalue weighted by Crippen LogP contribution is 2.24. The number of carbonyl (C=O) groups is 2. The molecule has 2 rings (SSSR count). The lowest BCUT2D eigenvalue weighted by Crippen LogP contribution is -2.28. The van der Waals surface area contributed by atoms with Crippen LogP contribution in [0, 0.1) is 6.92 Å². The number of carbonyl (C=O) groups excluding carboxylic acids is 1. The van der Waals surface area contributed by atoms with Crippen LogP contribution in [0.4, 0.5) is 11.4 Å². The van der Waals surface area contributed by atoms with Gasteiger partial charge in [-0.1, -0.05) is 0 Å². The number of carboxylic acid groups (broad SMARTS) is 1. The Labute approximate surface area is 115 Å². The molecule has 0 saturated carbocycles. The van der Waals surface area contributed by atoms with E-state index in [1.807, 2.05) is 0 Å². The number of rotatable bonds is 3. The number of hydrogen-bond acceptors (Lipinski definition) is 4. The molecule has 3 N–H and O–H groups in total. The third-order valence-corrected chi connectivity index (χ3v) is 2.97. The van der Waals surface area contributed by atoms with Crippen LogP contribution in [0.2, 0.25) is 0 Å². The van der Waals surface area contributed by atoms with Crippen molar-refractivity contribution in [2.24, 2.45) is 0 Å². The van der Waals surface area contributed by atoms with Gasteiger partial charge in [-0.25, -0.2) is 4.79 Å². The Balaban J connectivity index is 2.44. The van der Waals surface area contributed by atoms with Crippen molar-refractivity contribution in [2.45, 2.75) is 6.92 Å². The summed E-state index contributed by atoms with van der Waals surface area (Å²) in [5.41, 5.74) is 6.80. The van der Waals surface area contributed by atoms with Crippen LogP contribution in [0.1, 0.15) is 26.5 Å². The average Bonchev–Trinajstić information content (AvgIpc) is 2.83. The number of furan rings is 1. The van der Waals surface area contributed by atoms with Crippen molar-refractivity contribution in [1.29, 1.82) is 0 Å². The first-order valence-electron chi connectivity index (χ1n) is 5.86. The molecule has 2 aromatic rings. The highest BCUT2D eigenvalue weighted by molar-refractivity contribution is 6.08. The Bertz CT molecular complexity index is 676. The monoisotopic (exact) mass is 274 g/mol. The van der Waals surface area contributed by atoms with Gasteiger partial charge < -0.3 is 20.2 Å². The molecule has 0 saturated heterocycles. The van der Waals surface area contributed by atoms with Crippen LogP contribution < -0.4 is 10.6 Å². The molecular formula is C14H14N2O4. The number of carboxylic acids is 1. The standard InChI is InChI=1S/C14H14N2O4/c1-8-5-6-20-12(8)13(17)16(2)11-4-3-9(15)7-10(11)14(18)19/h3-7H,15H2,1-2H3,(H,18,19). The van der Waals surface area contributed by atoms with Gasteiger partial charge in [-0.05, 0) is 31.2 Å². The van der Waals surface area contributed by atoms with Crippen molar-refractivity contribution in [2.75, 3.05) is 17.7 Å². The molecule has 20 heavy (non-hydrogen) atoms. The second-order valence-electron chi connectivity index (χ2n) is 4.38. The van der Waals surface area contributed by atoms with E-state index in [-0.39, 0.29) is 17.0 Å². The minimum Gasteiger partial charge on any atom is -0.478 e. The van der Waals surface area contributed by atoms with Crippen molar-refractivity contribution >= 4 is 23.3 Å². The molecule has 0 radical (unpaired) electrons. The van der Waals surface area contributed by atoms with Crippen molar-refractivity contribution in [3.05, 3.63) is 47.4 Å². The Morgan fingerprint density at radius 1 is 1.30 bits per heavy atom. The van der Waals surface area contributed by atoms with Gasteiger partial charge in [0, 0.05) is 18.3 Å². The average molecular weight is 274 g/mol. The smallest absolute Gasteiger partial charge is 0.337 e. The molecule has 1 aromatic carbocycles. The second kappa shape index (κ2) is 5.08. The molecule has 0 aliphatic carbocycles. The first-order valence-corrected chi connectivity index (χ1v) is 5.86. The summed E-state index contributed by atoms with van der Waals surface area (Å²) >= 11 is 0. The summed E-state index contributed by atoms with van der Waals surface area (Å²) in [7, 11) is 1.49. The SMILES string of the molecule is Cc1ccoc1C(=O)N(C)c1ccc(N)cc1C(=O)O. The normalized spacial score (nSPS) is 10.3. The Morgan fingerprint density at radius 2 is 2.00 bits per heavy atom. The summed E-state index contributed by atoms with van der Waals surface area (Å²) in [4.78, 5) is 24.8. The lowest BCUT2D eigenvalue weighted by atomic mass is 10.1. The van der Waals surface area contributed by atoms with E-state index in [1.165, 1.54) is 30.3 Å². The van der Waals surface area contributed by atoms with Gasteiger partial charge in [-0.15, -0.1) is 0 Å². The van der Waals surface area contributed by atoms with Crippen LogP contribution in [0.15, 0.2) is 34.9 Å². The van der Waals surface area contributed by atoms with Crippen molar-refractivity contribution < 1.29 is 19.1 Å². The zero-order valence-electron chi connectivity index (χ0n) is 11.1. The van der Waals surface area contributed by atoms with E-state index in [0.29, 0.717) is 11.3 Å². The highest BCUT2D eigenvalue weighted by Gasteiger charge is 2.22. The van der Waals surface area contributed by atoms with Gasteiger partial charge in [-0.3, -0.25) is 4.79 Å². The highest BCUT2D eigenvalue weighted by atomic mass is 16.4. The largest absolute Gasteiger partial charge is 0.478 e. The Kier molecular flexibility index (Phi) is 3.47. The maximum Gasteiger partial charge on any atom is 0.337 e. The van der Waals surface area contributed by atoms with E-state index in [0.717, 1.165) is 0 Å². The van der Waals surface area contributed by atoms with Crippen molar-refractivity contribution in [3.63, 3.8) is 0 Å². The summed E-state index contributed by atoms with van der Waals surface area (Å²) in [6, 6.07) is 6.02. The maximum absolute atomic E-state index is 12.3. The number of anilines is 2. The molecular weight excluding hydrogens is 260 g/mol. The van der Waals surface area contributed by atoms with Gasteiger partial charge in [0.2, 0.25) is 0 Å². The van der Waals surface area contributed by atoms with E-state index in [4.69, 9.17) is 10.2 Å². The first kappa shape index (κ1) is 13.7. The first-order chi connectivity index (χ1) is 9.41. The molecule has 1 aromatic heterocycles. The number of amides is 1. The number of hydrogen-bond donors (Lipinski definition) is 2. The van der Waals surface area contributed by atoms with Crippen molar-refractivity contribution in [1.82, 2.24) is 0 Å². The fourth-order valence-electron chi connectivity index (χ4n) is 1.87. The topological polar surface area (TPSA) is 96.8 Å². The lowest BCUT2D eigenvalue weighted by Gasteiger charge is -2.19. The quantitative estimate of drug-likeness (QED) is 0.836. The van der Waals surface area contributed by atoms with Crippen molar-refractivity contribution in [3.8, 4) is 0 Å². The third-order valence-electron chi connectivity index (χ3n) is 2.97. The van der Waals surface area contributed by atoms with Crippen LogP contribution in [-0.2, 0) is 0 Å². The van der Waals surface area contributed by atoms with Crippen LogP contribution in [0.25, 0.3) is 0 Å². The summed E-state index contributed by atoms with van der Waals surface area (Å²) in [5.74, 6) is -1.39. The maximum atomic E-state index is 12.3. The summed E-state index contributed by atoms with van der Waals surface area (Å²) in [5, 5.41) is 9.19. The van der Waals surface area contributed by atoms with E-state index >= 15 is 0 Å². The molecule has 0 bridgehead atoms. The fraction of sp³-hybridized carbons (Fsp3) is 0.143. The van der Waals surface area contributed by atoms with E-state index in [2.05, 4.69) is 0 Å². The van der Waals surface area contributed by atoms with Gasteiger partial charge in [0.05, 0.1) is 17.5 Å². The zero-order valence-corrected chi connectivity index (χ0v) is 11.1. The molecule has 1 heterocycles. The number of aryl methyl sites for hydroxylation is 1. The van der Waals surface area contributed by atoms with E-state index in [9.17, 15) is 14.7 Å². The number of nitrogens with zero attached hydrogens (tertiary/aromatic N) is 1. The summed E-state index contributed by atoms with van der Waals surface area (Å²) in [6.45, 7) is 1.74. The third kappa shape index (κ3) is 2.35. The molecule has 0 spiro atoms. The Hall–Kier alpha value is -2.76. The second-order valence-corrected chi connectivity index (χ2v) is 4.38. The van der Waals surface area contributed by atoms with Crippen LogP contribution in [0.3, 0.4) is 0 Å². The number of benzene rings is 1. The minimum absolute atomic E-state index is 0.0370. The van der Waals surface area contributed by atoms with E-state index < -0.39 is 11.9 Å². The van der Waals surface area contributed by atoms with Gasteiger partial charge in [0.1, 0.15) is 0 Å². The molecule has 0 aliphatic rings. The molecule has 0 fully saturated rings. The molecule has 0 atom stereocenters. The predicted molar refractivity (Wildman–Crippen MR) is 74.0 cm³/mol. The molecule has 0 unspecified atom stereocenters. The molecule has 0 aliphatic heterocycles. The zero-order chi connectivity index (χ0) is 14.9. The molecule has 104 valence electrons. The fourth-order valence-corrected chi connectivity index (χ4v) is 1.87. The van der Waals surface area contributed by atoms with Crippen LogP contribution in [0.5, 0.6) is 0 Å². The van der Waals surface area contributed by atoms with E-state index in [1.54, 1.807) is 19.1 Å². The number of nitrogens with two attached hydrogens (primary N) is 1. The minimum atomic E-state index is -1.15. The Morgan fingerprint density at radius 3 is 2.55 bits per heavy atom. The number of aromatic carboxylic acids is 1. The number of nitrogen functional groups attached to an aromatic ring is 1. The molecule has 6 nitrogen and oxygen atoms in total. The lowest BCUT2D eigenvalue weighted by molar-refractivity contribution is 0.0697. The van der Waals surface area contributed by atoms with Crippen LogP contribution in [-0.4, -0.2) is 24.0 Å². The predicted octanol–water partition coefficient (Wildman–Crippen LogP) is 2.15. The van der Waals surface area contributed by atoms with Gasteiger partial charge in [0.25, 0.3) is 5.91 Å². The molecule has 1 amide bonds. The molecule has 6 heteroatoms. The summed E-state index contributed by atoms with van der Waals surface area (Å²) in [6.07, 6.45) is 1.41. The van der Waals surface area contributed by atoms with Crippen LogP contribution >= 0.6 is 0 Å². The van der Waals surface area contributed by atoms with Gasteiger partial charge >= 0.3 is 5.97 Å². The van der Waals surface area contributed by atoms with Gasteiger partial charge in [-0.2, -0.15) is 0 Å². The van der Waals surface area contributed by atoms with Gasteiger partial charge in [0.15, 0.2) is 5.76 Å².